The lowest BCUT2D eigenvalue weighted by Crippen LogP contribution is -2.16. The molecule has 0 aliphatic carbocycles. The Bertz CT molecular complexity index is 615. The summed E-state index contributed by atoms with van der Waals surface area (Å²) in [4.78, 5) is 2.56. The van der Waals surface area contributed by atoms with Crippen molar-refractivity contribution >= 4 is 11.3 Å². The zero-order valence-corrected chi connectivity index (χ0v) is 14.0. The van der Waals surface area contributed by atoms with Gasteiger partial charge in [-0.1, -0.05) is 26.8 Å². The Morgan fingerprint density at radius 1 is 1.19 bits per heavy atom. The van der Waals surface area contributed by atoms with E-state index in [1.807, 2.05) is 7.05 Å². The van der Waals surface area contributed by atoms with Gasteiger partial charge in [-0.15, -0.1) is 11.3 Å². The van der Waals surface area contributed by atoms with Gasteiger partial charge in [-0.3, -0.25) is 0 Å². The predicted octanol–water partition coefficient (Wildman–Crippen LogP) is 4.50. The predicted molar refractivity (Wildman–Crippen MR) is 86.9 cm³/mol. The van der Waals surface area contributed by atoms with Gasteiger partial charge in [0, 0.05) is 9.75 Å². The molecule has 0 amide bonds. The Kier molecular flexibility index (Phi) is 4.69. The van der Waals surface area contributed by atoms with E-state index in [0.29, 0.717) is 0 Å². The van der Waals surface area contributed by atoms with Crippen molar-refractivity contribution in [1.29, 1.82) is 0 Å². The fourth-order valence-electron chi connectivity index (χ4n) is 2.24. The minimum Gasteiger partial charge on any atom is -0.494 e. The van der Waals surface area contributed by atoms with E-state index >= 15 is 0 Å². The second kappa shape index (κ2) is 6.16. The SMILES string of the molecule is CNC(c1ccc(F)c(OC)c1)c1ccc(C(C)(C)C)s1. The van der Waals surface area contributed by atoms with E-state index in [1.54, 1.807) is 23.5 Å². The van der Waals surface area contributed by atoms with E-state index in [2.05, 4.69) is 38.2 Å². The average Bonchev–Trinajstić information content (AvgIpc) is 2.91. The number of hydrogen-bond acceptors (Lipinski definition) is 3. The van der Waals surface area contributed by atoms with Crippen LogP contribution in [0.15, 0.2) is 30.3 Å². The largest absolute Gasteiger partial charge is 0.494 e. The first-order chi connectivity index (χ1) is 9.86. The van der Waals surface area contributed by atoms with Gasteiger partial charge >= 0.3 is 0 Å². The molecule has 0 radical (unpaired) electrons. The molecule has 1 aromatic heterocycles. The molecular formula is C17H22FNOS. The Labute approximate surface area is 130 Å². The van der Waals surface area contributed by atoms with Crippen molar-refractivity contribution in [2.24, 2.45) is 0 Å². The summed E-state index contributed by atoms with van der Waals surface area (Å²) in [5.74, 6) is -0.0574. The number of methoxy groups -OCH3 is 1. The van der Waals surface area contributed by atoms with Crippen LogP contribution in [0.4, 0.5) is 4.39 Å². The molecule has 0 saturated heterocycles. The Balaban J connectivity index is 2.38. The molecule has 4 heteroatoms. The van der Waals surface area contributed by atoms with Crippen LogP contribution in [0.1, 0.15) is 42.1 Å². The lowest BCUT2D eigenvalue weighted by molar-refractivity contribution is 0.385. The summed E-state index contributed by atoms with van der Waals surface area (Å²) < 4.78 is 18.6. The van der Waals surface area contributed by atoms with Crippen LogP contribution < -0.4 is 10.1 Å². The molecule has 2 rings (SSSR count). The molecule has 1 heterocycles. The standard InChI is InChI=1S/C17H22FNOS/c1-17(2,3)15-9-8-14(21-15)16(19-4)11-6-7-12(18)13(10-11)20-5/h6-10,16,19H,1-5H3. The van der Waals surface area contributed by atoms with Gasteiger partial charge in [0.25, 0.3) is 0 Å². The van der Waals surface area contributed by atoms with Gasteiger partial charge in [-0.2, -0.15) is 0 Å². The van der Waals surface area contributed by atoms with E-state index in [9.17, 15) is 4.39 Å². The Morgan fingerprint density at radius 2 is 1.90 bits per heavy atom. The topological polar surface area (TPSA) is 21.3 Å². The van der Waals surface area contributed by atoms with E-state index in [4.69, 9.17) is 4.74 Å². The molecule has 0 saturated carbocycles. The summed E-state index contributed by atoms with van der Waals surface area (Å²) in [5, 5.41) is 3.30. The van der Waals surface area contributed by atoms with E-state index < -0.39 is 0 Å². The Morgan fingerprint density at radius 3 is 2.43 bits per heavy atom. The molecule has 1 aromatic carbocycles. The molecule has 1 atom stereocenters. The van der Waals surface area contributed by atoms with Crippen LogP contribution >= 0.6 is 11.3 Å². The molecule has 0 aliphatic heterocycles. The van der Waals surface area contributed by atoms with Crippen molar-refractivity contribution in [2.45, 2.75) is 32.2 Å². The minimum atomic E-state index is -0.335. The number of hydrogen-bond donors (Lipinski definition) is 1. The van der Waals surface area contributed by atoms with Gasteiger partial charge in [0.1, 0.15) is 0 Å². The van der Waals surface area contributed by atoms with Crippen LogP contribution in [0.2, 0.25) is 0 Å². The normalized spacial score (nSPS) is 13.2. The molecule has 0 bridgehead atoms. The number of benzene rings is 1. The number of ether oxygens (including phenoxy) is 1. The van der Waals surface area contributed by atoms with Crippen LogP contribution in [0.5, 0.6) is 5.75 Å². The van der Waals surface area contributed by atoms with E-state index in [1.165, 1.54) is 22.9 Å². The average molecular weight is 307 g/mol. The molecule has 0 spiro atoms. The highest BCUT2D eigenvalue weighted by atomic mass is 32.1. The monoisotopic (exact) mass is 307 g/mol. The van der Waals surface area contributed by atoms with Crippen molar-refractivity contribution < 1.29 is 9.13 Å². The summed E-state index contributed by atoms with van der Waals surface area (Å²) in [6, 6.07) is 9.37. The van der Waals surface area contributed by atoms with Gasteiger partial charge in [0.15, 0.2) is 11.6 Å². The first-order valence-corrected chi connectivity index (χ1v) is 7.79. The third kappa shape index (κ3) is 3.44. The molecule has 0 fully saturated rings. The summed E-state index contributed by atoms with van der Waals surface area (Å²) in [5.41, 5.74) is 1.14. The van der Waals surface area contributed by atoms with Crippen molar-refractivity contribution in [3.05, 3.63) is 51.5 Å². The van der Waals surface area contributed by atoms with Crippen LogP contribution in [0.3, 0.4) is 0 Å². The summed E-state index contributed by atoms with van der Waals surface area (Å²) >= 11 is 1.79. The lowest BCUT2D eigenvalue weighted by atomic mass is 9.95. The van der Waals surface area contributed by atoms with Gasteiger partial charge in [0.2, 0.25) is 0 Å². The molecular weight excluding hydrogens is 285 g/mol. The summed E-state index contributed by atoms with van der Waals surface area (Å²) in [6.07, 6.45) is 0. The number of halogens is 1. The van der Waals surface area contributed by atoms with Gasteiger partial charge in [-0.25, -0.2) is 4.39 Å². The summed E-state index contributed by atoms with van der Waals surface area (Å²) in [7, 11) is 3.40. The van der Waals surface area contributed by atoms with Crippen molar-refractivity contribution in [2.75, 3.05) is 14.2 Å². The van der Waals surface area contributed by atoms with Crippen LogP contribution in [0, 0.1) is 5.82 Å². The molecule has 0 aliphatic rings. The zero-order chi connectivity index (χ0) is 15.6. The summed E-state index contributed by atoms with van der Waals surface area (Å²) in [6.45, 7) is 6.62. The maximum Gasteiger partial charge on any atom is 0.165 e. The van der Waals surface area contributed by atoms with Gasteiger partial charge < -0.3 is 10.1 Å². The highest BCUT2D eigenvalue weighted by molar-refractivity contribution is 7.12. The first-order valence-electron chi connectivity index (χ1n) is 6.97. The number of nitrogens with one attached hydrogen (secondary N) is 1. The van der Waals surface area contributed by atoms with Crippen molar-refractivity contribution in [3.8, 4) is 5.75 Å². The maximum absolute atomic E-state index is 13.6. The highest BCUT2D eigenvalue weighted by Crippen LogP contribution is 2.35. The van der Waals surface area contributed by atoms with Crippen LogP contribution in [-0.2, 0) is 5.41 Å². The maximum atomic E-state index is 13.6. The third-order valence-corrected chi connectivity index (χ3v) is 5.02. The van der Waals surface area contributed by atoms with Crippen molar-refractivity contribution in [3.63, 3.8) is 0 Å². The molecule has 1 N–H and O–H groups in total. The van der Waals surface area contributed by atoms with Gasteiger partial charge in [0.05, 0.1) is 13.2 Å². The number of thiophene rings is 1. The molecule has 1 unspecified atom stereocenters. The second-order valence-corrected chi connectivity index (χ2v) is 7.18. The molecule has 2 aromatic rings. The van der Waals surface area contributed by atoms with Crippen molar-refractivity contribution in [1.82, 2.24) is 5.32 Å². The molecule has 114 valence electrons. The molecule has 21 heavy (non-hydrogen) atoms. The number of rotatable bonds is 4. The zero-order valence-electron chi connectivity index (χ0n) is 13.2. The van der Waals surface area contributed by atoms with E-state index in [-0.39, 0.29) is 23.0 Å². The third-order valence-electron chi connectivity index (χ3n) is 3.45. The van der Waals surface area contributed by atoms with Gasteiger partial charge in [-0.05, 0) is 42.3 Å². The quantitative estimate of drug-likeness (QED) is 0.898. The second-order valence-electron chi connectivity index (χ2n) is 6.07. The smallest absolute Gasteiger partial charge is 0.165 e. The fourth-order valence-corrected chi connectivity index (χ4v) is 3.44. The lowest BCUT2D eigenvalue weighted by Gasteiger charge is -2.18. The first kappa shape index (κ1) is 16.0. The van der Waals surface area contributed by atoms with E-state index in [0.717, 1.165) is 5.56 Å². The highest BCUT2D eigenvalue weighted by Gasteiger charge is 2.21. The van der Waals surface area contributed by atoms with Crippen LogP contribution in [-0.4, -0.2) is 14.2 Å². The van der Waals surface area contributed by atoms with Crippen LogP contribution in [0.25, 0.3) is 0 Å². The fraction of sp³-hybridized carbons (Fsp3) is 0.412. The minimum absolute atomic E-state index is 0.0422. The Hall–Kier alpha value is -1.39. The molecule has 2 nitrogen and oxygen atoms in total.